The Kier molecular flexibility index (Phi) is 4.33. The van der Waals surface area contributed by atoms with Gasteiger partial charge in [0.05, 0.1) is 28.6 Å². The summed E-state index contributed by atoms with van der Waals surface area (Å²) in [6.07, 6.45) is 1.88. The molecule has 4 N–H and O–H groups in total. The van der Waals surface area contributed by atoms with Gasteiger partial charge in [-0.25, -0.2) is 13.2 Å². The predicted molar refractivity (Wildman–Crippen MR) is 94.4 cm³/mol. The minimum atomic E-state index is -3.00. The van der Waals surface area contributed by atoms with Crippen LogP contribution in [0.3, 0.4) is 0 Å². The van der Waals surface area contributed by atoms with Crippen LogP contribution in [0.2, 0.25) is 0 Å². The minimum absolute atomic E-state index is 0.0864. The Morgan fingerprint density at radius 3 is 2.79 bits per heavy atom. The molecule has 3 rings (SSSR count). The van der Waals surface area contributed by atoms with Gasteiger partial charge in [-0.2, -0.15) is 0 Å². The average molecular weight is 353 g/mol. The molecule has 2 aliphatic rings. The van der Waals surface area contributed by atoms with Crippen molar-refractivity contribution in [2.75, 3.05) is 27.5 Å². The monoisotopic (exact) mass is 353 g/mol. The van der Waals surface area contributed by atoms with E-state index in [-0.39, 0.29) is 23.6 Å². The lowest BCUT2D eigenvalue weighted by Gasteiger charge is -2.34. The number of fused-ring (bicyclic) bond motifs is 1. The summed E-state index contributed by atoms with van der Waals surface area (Å²) < 4.78 is 23.6. The molecule has 0 spiro atoms. The van der Waals surface area contributed by atoms with Crippen LogP contribution < -0.4 is 16.0 Å². The fourth-order valence-corrected chi connectivity index (χ4v) is 5.27. The molecule has 132 valence electrons. The Hall–Kier alpha value is -1.96. The van der Waals surface area contributed by atoms with Crippen molar-refractivity contribution in [2.24, 2.45) is 0 Å². The molecule has 8 heteroatoms. The summed E-state index contributed by atoms with van der Waals surface area (Å²) >= 11 is 0. The van der Waals surface area contributed by atoms with Crippen LogP contribution in [0.1, 0.15) is 31.7 Å². The van der Waals surface area contributed by atoms with E-state index in [4.69, 9.17) is 5.73 Å². The number of nitrogens with zero attached hydrogens (tertiary/aromatic N) is 1. The van der Waals surface area contributed by atoms with Gasteiger partial charge in [-0.1, -0.05) is 0 Å². The average Bonchev–Trinajstić information content (AvgIpc) is 2.48. The summed E-state index contributed by atoms with van der Waals surface area (Å²) in [5, 5.41) is 12.7. The van der Waals surface area contributed by atoms with Gasteiger partial charge >= 0.3 is 6.09 Å². The molecule has 24 heavy (non-hydrogen) atoms. The molecule has 2 heterocycles. The molecule has 1 unspecified atom stereocenters. The van der Waals surface area contributed by atoms with Crippen LogP contribution >= 0.6 is 0 Å². The van der Waals surface area contributed by atoms with Crippen LogP contribution in [-0.4, -0.2) is 43.2 Å². The predicted octanol–water partition coefficient (Wildman–Crippen LogP) is 2.08. The van der Waals surface area contributed by atoms with Crippen LogP contribution in [0.25, 0.3) is 0 Å². The molecule has 1 saturated heterocycles. The van der Waals surface area contributed by atoms with Gasteiger partial charge in [0.25, 0.3) is 0 Å². The lowest BCUT2D eigenvalue weighted by atomic mass is 9.94. The fourth-order valence-electron chi connectivity index (χ4n) is 3.64. The van der Waals surface area contributed by atoms with Gasteiger partial charge in [-0.15, -0.1) is 0 Å². The van der Waals surface area contributed by atoms with E-state index in [1.54, 1.807) is 12.1 Å². The third-order valence-electron chi connectivity index (χ3n) is 4.87. The van der Waals surface area contributed by atoms with Crippen molar-refractivity contribution in [3.8, 4) is 0 Å². The first-order valence-electron chi connectivity index (χ1n) is 8.19. The number of hydrogen-bond acceptors (Lipinski definition) is 5. The molecule has 0 aliphatic carbocycles. The van der Waals surface area contributed by atoms with Crippen LogP contribution in [0.4, 0.5) is 21.9 Å². The third-order valence-corrected chi connectivity index (χ3v) is 6.69. The topological polar surface area (TPSA) is 113 Å². The highest BCUT2D eigenvalue weighted by Gasteiger charge is 2.31. The number of nitrogens with two attached hydrogens (primary N) is 1. The van der Waals surface area contributed by atoms with Gasteiger partial charge in [0.1, 0.15) is 0 Å². The molecular weight excluding hydrogens is 330 g/mol. The standard InChI is InChI=1S/C16H23N3O4S/c1-10-4-5-12-14(19(10)16(20)21)7-6-13(15(12)17)18-11-3-2-8-24(22,23)9-11/h6-7,10-11,18H,2-5,8-9,17H2,1H3,(H,20,21)/t10-,11?/m0/s1. The number of anilines is 3. The van der Waals surface area contributed by atoms with E-state index in [1.165, 1.54) is 4.90 Å². The normalized spacial score (nSPS) is 25.8. The highest BCUT2D eigenvalue weighted by Crippen LogP contribution is 2.38. The molecule has 0 radical (unpaired) electrons. The molecule has 1 fully saturated rings. The molecule has 0 saturated carbocycles. The number of carboxylic acid groups (broad SMARTS) is 1. The van der Waals surface area contributed by atoms with E-state index in [1.807, 2.05) is 6.92 Å². The van der Waals surface area contributed by atoms with Gasteiger partial charge in [-0.05, 0) is 44.7 Å². The quantitative estimate of drug-likeness (QED) is 0.702. The summed E-state index contributed by atoms with van der Waals surface area (Å²) in [5.41, 5.74) is 8.92. The summed E-state index contributed by atoms with van der Waals surface area (Å²) in [6, 6.07) is 3.28. The van der Waals surface area contributed by atoms with Crippen LogP contribution in [0.5, 0.6) is 0 Å². The van der Waals surface area contributed by atoms with Crippen molar-refractivity contribution in [1.29, 1.82) is 0 Å². The maximum absolute atomic E-state index is 11.8. The third kappa shape index (κ3) is 3.15. The highest BCUT2D eigenvalue weighted by molar-refractivity contribution is 7.91. The molecule has 1 aromatic rings. The Morgan fingerprint density at radius 1 is 1.38 bits per heavy atom. The molecule has 2 aliphatic heterocycles. The Balaban J connectivity index is 1.88. The number of carbonyl (C=O) groups is 1. The van der Waals surface area contributed by atoms with E-state index < -0.39 is 15.9 Å². The molecular formula is C16H23N3O4S. The maximum Gasteiger partial charge on any atom is 0.412 e. The number of amides is 1. The van der Waals surface area contributed by atoms with Crippen LogP contribution in [0, 0.1) is 0 Å². The summed E-state index contributed by atoms with van der Waals surface area (Å²) in [5.74, 6) is 0.359. The van der Waals surface area contributed by atoms with Gasteiger partial charge < -0.3 is 16.2 Å². The zero-order chi connectivity index (χ0) is 17.5. The number of hydrogen-bond donors (Lipinski definition) is 3. The molecule has 7 nitrogen and oxygen atoms in total. The number of rotatable bonds is 2. The highest BCUT2D eigenvalue weighted by atomic mass is 32.2. The summed E-state index contributed by atoms with van der Waals surface area (Å²) in [7, 11) is -3.00. The number of sulfone groups is 1. The molecule has 1 aromatic carbocycles. The van der Waals surface area contributed by atoms with E-state index in [9.17, 15) is 18.3 Å². The van der Waals surface area contributed by atoms with Crippen molar-refractivity contribution >= 4 is 33.0 Å². The molecule has 0 aromatic heterocycles. The second-order valence-electron chi connectivity index (χ2n) is 6.66. The fraction of sp³-hybridized carbons (Fsp3) is 0.562. The first-order valence-corrected chi connectivity index (χ1v) is 10.0. The zero-order valence-corrected chi connectivity index (χ0v) is 14.5. The first kappa shape index (κ1) is 16.9. The van der Waals surface area contributed by atoms with E-state index in [2.05, 4.69) is 5.32 Å². The second kappa shape index (κ2) is 6.16. The van der Waals surface area contributed by atoms with Crippen LogP contribution in [0.15, 0.2) is 12.1 Å². The first-order chi connectivity index (χ1) is 11.3. The second-order valence-corrected chi connectivity index (χ2v) is 8.89. The van der Waals surface area contributed by atoms with Crippen LogP contribution in [-0.2, 0) is 16.3 Å². The van der Waals surface area contributed by atoms with Crippen molar-refractivity contribution < 1.29 is 18.3 Å². The van der Waals surface area contributed by atoms with Crippen molar-refractivity contribution in [1.82, 2.24) is 0 Å². The van der Waals surface area contributed by atoms with Crippen molar-refractivity contribution in [2.45, 2.75) is 44.7 Å². The molecule has 0 bridgehead atoms. The SMILES string of the molecule is C[C@H]1CCc2c(ccc(NC3CCCS(=O)(=O)C3)c2N)N1C(=O)O. The molecule has 2 atom stereocenters. The number of benzene rings is 1. The van der Waals surface area contributed by atoms with Gasteiger partial charge in [0.15, 0.2) is 9.84 Å². The minimum Gasteiger partial charge on any atom is -0.465 e. The van der Waals surface area contributed by atoms with Crippen molar-refractivity contribution in [3.05, 3.63) is 17.7 Å². The maximum atomic E-state index is 11.8. The lowest BCUT2D eigenvalue weighted by molar-refractivity contribution is 0.198. The van der Waals surface area contributed by atoms with Gasteiger partial charge in [-0.3, -0.25) is 4.90 Å². The van der Waals surface area contributed by atoms with E-state index >= 15 is 0 Å². The largest absolute Gasteiger partial charge is 0.465 e. The lowest BCUT2D eigenvalue weighted by Crippen LogP contribution is -2.41. The Labute approximate surface area is 141 Å². The summed E-state index contributed by atoms with van der Waals surface area (Å²) in [4.78, 5) is 12.9. The van der Waals surface area contributed by atoms with E-state index in [0.29, 0.717) is 36.3 Å². The summed E-state index contributed by atoms with van der Waals surface area (Å²) in [6.45, 7) is 1.88. The smallest absolute Gasteiger partial charge is 0.412 e. The van der Waals surface area contributed by atoms with Gasteiger partial charge in [0, 0.05) is 17.6 Å². The Morgan fingerprint density at radius 2 is 2.12 bits per heavy atom. The van der Waals surface area contributed by atoms with E-state index in [0.717, 1.165) is 12.0 Å². The van der Waals surface area contributed by atoms with Crippen molar-refractivity contribution in [3.63, 3.8) is 0 Å². The zero-order valence-electron chi connectivity index (χ0n) is 13.7. The van der Waals surface area contributed by atoms with Gasteiger partial charge in [0.2, 0.25) is 0 Å². The number of nitrogens with one attached hydrogen (secondary N) is 1. The molecule has 1 amide bonds. The number of nitrogen functional groups attached to an aromatic ring is 1. The Bertz CT molecular complexity index is 763.